The first-order chi connectivity index (χ1) is 13.7. The minimum Gasteiger partial charge on any atom is -0.393 e. The normalized spacial score (nSPS) is 35.3. The van der Waals surface area contributed by atoms with Crippen LogP contribution in [0.1, 0.15) is 97.3 Å². The highest BCUT2D eigenvalue weighted by molar-refractivity contribution is 5.22. The van der Waals surface area contributed by atoms with E-state index in [-0.39, 0.29) is 12.2 Å². The summed E-state index contributed by atoms with van der Waals surface area (Å²) in [7, 11) is 0. The highest BCUT2D eigenvalue weighted by Gasteiger charge is 2.37. The zero-order valence-electron chi connectivity index (χ0n) is 18.5. The Kier molecular flexibility index (Phi) is 8.00. The Hall–Kier alpha value is -0.680. The number of aliphatic hydroxyl groups is 3. The summed E-state index contributed by atoms with van der Waals surface area (Å²) in [5.74, 6) is 0. The zero-order chi connectivity index (χ0) is 20.9. The number of rotatable bonds is 6. The van der Waals surface area contributed by atoms with Crippen LogP contribution in [0.25, 0.3) is 0 Å². The van der Waals surface area contributed by atoms with E-state index in [1.54, 1.807) is 5.57 Å². The molecule has 4 nitrogen and oxygen atoms in total. The molecule has 0 aromatic carbocycles. The van der Waals surface area contributed by atoms with Gasteiger partial charge in [0.1, 0.15) is 0 Å². The summed E-state index contributed by atoms with van der Waals surface area (Å²) < 4.78 is 6.10. The highest BCUT2D eigenvalue weighted by atomic mass is 16.5. The lowest BCUT2D eigenvalue weighted by molar-refractivity contribution is -0.0179. The molecule has 3 rings (SSSR count). The average Bonchev–Trinajstić information content (AvgIpc) is 2.64. The van der Waals surface area contributed by atoms with E-state index < -0.39 is 5.60 Å². The van der Waals surface area contributed by atoms with Crippen molar-refractivity contribution >= 4 is 0 Å². The lowest BCUT2D eigenvalue weighted by atomic mass is 9.63. The fourth-order valence-corrected chi connectivity index (χ4v) is 5.58. The van der Waals surface area contributed by atoms with E-state index in [0.29, 0.717) is 30.8 Å². The van der Waals surface area contributed by atoms with Crippen molar-refractivity contribution < 1.29 is 20.1 Å². The standard InChI is InChI=1S/C25H42O4/c1-24(2,28)10-4-14-29-23-8-12-25(13-9-23)11-3-5-19(18-25)6-7-20-15-21(26)17-22(27)16-20/h6-7,21-23,26-28H,3-5,8-18H2,1-2H3/b19-6+/t21-,22-,23?,25?/m1/s1. The Bertz CT molecular complexity index is 566. The Morgan fingerprint density at radius 1 is 1.03 bits per heavy atom. The van der Waals surface area contributed by atoms with Crippen LogP contribution in [0.4, 0.5) is 0 Å². The van der Waals surface area contributed by atoms with Crippen LogP contribution in [-0.2, 0) is 4.74 Å². The molecule has 3 aliphatic rings. The topological polar surface area (TPSA) is 69.9 Å². The van der Waals surface area contributed by atoms with Crippen LogP contribution in [0, 0.1) is 5.41 Å². The molecule has 0 aromatic rings. The smallest absolute Gasteiger partial charge is 0.0602 e. The Balaban J connectivity index is 1.46. The molecule has 0 heterocycles. The number of hydrogen-bond acceptors (Lipinski definition) is 4. The fourth-order valence-electron chi connectivity index (χ4n) is 5.58. The zero-order valence-corrected chi connectivity index (χ0v) is 18.5. The van der Waals surface area contributed by atoms with E-state index in [0.717, 1.165) is 32.3 Å². The van der Waals surface area contributed by atoms with Crippen LogP contribution >= 0.6 is 0 Å². The van der Waals surface area contributed by atoms with Gasteiger partial charge in [-0.3, -0.25) is 0 Å². The summed E-state index contributed by atoms with van der Waals surface area (Å²) in [6, 6.07) is 0. The largest absolute Gasteiger partial charge is 0.393 e. The molecule has 0 unspecified atom stereocenters. The molecule has 3 saturated carbocycles. The lowest BCUT2D eigenvalue weighted by Crippen LogP contribution is -2.33. The van der Waals surface area contributed by atoms with Gasteiger partial charge in [0.15, 0.2) is 0 Å². The predicted octanol–water partition coefficient (Wildman–Crippen LogP) is 4.82. The molecule has 0 aromatic heterocycles. The second-order valence-electron chi connectivity index (χ2n) is 10.6. The van der Waals surface area contributed by atoms with E-state index in [1.165, 1.54) is 44.1 Å². The van der Waals surface area contributed by atoms with Gasteiger partial charge < -0.3 is 20.1 Å². The first-order valence-corrected chi connectivity index (χ1v) is 11.8. The summed E-state index contributed by atoms with van der Waals surface area (Å²) in [6.07, 6.45) is 17.6. The minimum absolute atomic E-state index is 0.389. The maximum Gasteiger partial charge on any atom is 0.0602 e. The molecular weight excluding hydrogens is 364 g/mol. The molecule has 4 heteroatoms. The summed E-state index contributed by atoms with van der Waals surface area (Å²) in [6.45, 7) is 4.48. The third kappa shape index (κ3) is 7.50. The van der Waals surface area contributed by atoms with E-state index in [2.05, 4.69) is 12.2 Å². The molecule has 3 N–H and O–H groups in total. The van der Waals surface area contributed by atoms with Crippen LogP contribution in [0.5, 0.6) is 0 Å². The summed E-state index contributed by atoms with van der Waals surface area (Å²) in [5.41, 5.74) is 2.60. The Morgan fingerprint density at radius 3 is 2.34 bits per heavy atom. The second-order valence-corrected chi connectivity index (χ2v) is 10.6. The first-order valence-electron chi connectivity index (χ1n) is 11.8. The molecule has 3 fully saturated rings. The molecule has 2 atom stereocenters. The van der Waals surface area contributed by atoms with Crippen molar-refractivity contribution in [3.8, 4) is 0 Å². The van der Waals surface area contributed by atoms with E-state index in [9.17, 15) is 15.3 Å². The van der Waals surface area contributed by atoms with E-state index >= 15 is 0 Å². The van der Waals surface area contributed by atoms with E-state index in [4.69, 9.17) is 4.74 Å². The Labute approximate surface area is 177 Å². The molecule has 166 valence electrons. The van der Waals surface area contributed by atoms with Gasteiger partial charge in [-0.2, -0.15) is 0 Å². The van der Waals surface area contributed by atoms with Crippen molar-refractivity contribution in [2.24, 2.45) is 5.41 Å². The maximum absolute atomic E-state index is 9.88. The molecular formula is C25H42O4. The van der Waals surface area contributed by atoms with Gasteiger partial charge in [0.25, 0.3) is 0 Å². The van der Waals surface area contributed by atoms with Crippen molar-refractivity contribution in [1.29, 1.82) is 0 Å². The van der Waals surface area contributed by atoms with Gasteiger partial charge >= 0.3 is 0 Å². The summed E-state index contributed by atoms with van der Waals surface area (Å²) in [4.78, 5) is 0. The SMILES string of the molecule is CC(C)(O)CCCOC1CCC2(CCC/C(=C\C=C3C[C@@H](O)C[C@H](O)C3)C2)CC1. The van der Waals surface area contributed by atoms with Crippen LogP contribution < -0.4 is 0 Å². The van der Waals surface area contributed by atoms with Crippen molar-refractivity contribution in [3.63, 3.8) is 0 Å². The van der Waals surface area contributed by atoms with Gasteiger partial charge in [-0.1, -0.05) is 23.3 Å². The van der Waals surface area contributed by atoms with Crippen molar-refractivity contribution in [3.05, 3.63) is 23.3 Å². The van der Waals surface area contributed by atoms with Gasteiger partial charge in [0.05, 0.1) is 23.9 Å². The number of aliphatic hydroxyl groups excluding tert-OH is 2. The minimum atomic E-state index is -0.589. The molecule has 0 aliphatic heterocycles. The molecule has 1 spiro atoms. The predicted molar refractivity (Wildman–Crippen MR) is 117 cm³/mol. The molecule has 0 saturated heterocycles. The van der Waals surface area contributed by atoms with Crippen molar-refractivity contribution in [2.75, 3.05) is 6.61 Å². The molecule has 29 heavy (non-hydrogen) atoms. The van der Waals surface area contributed by atoms with Crippen LogP contribution in [0.2, 0.25) is 0 Å². The van der Waals surface area contributed by atoms with E-state index in [1.807, 2.05) is 13.8 Å². The maximum atomic E-state index is 9.88. The molecule has 0 amide bonds. The second kappa shape index (κ2) is 10.1. The number of allylic oxidation sites excluding steroid dienone is 3. The molecule has 0 radical (unpaired) electrons. The fraction of sp³-hybridized carbons (Fsp3) is 0.840. The van der Waals surface area contributed by atoms with Crippen LogP contribution in [0.3, 0.4) is 0 Å². The third-order valence-electron chi connectivity index (χ3n) is 7.18. The average molecular weight is 407 g/mol. The Morgan fingerprint density at radius 2 is 1.69 bits per heavy atom. The molecule has 0 bridgehead atoms. The summed E-state index contributed by atoms with van der Waals surface area (Å²) >= 11 is 0. The monoisotopic (exact) mass is 406 g/mol. The third-order valence-corrected chi connectivity index (χ3v) is 7.18. The van der Waals surface area contributed by atoms with Crippen molar-refractivity contribution in [2.45, 2.75) is 121 Å². The van der Waals surface area contributed by atoms with Gasteiger partial charge in [0.2, 0.25) is 0 Å². The van der Waals surface area contributed by atoms with Gasteiger partial charge in [0, 0.05) is 6.61 Å². The highest BCUT2D eigenvalue weighted by Crippen LogP contribution is 2.49. The van der Waals surface area contributed by atoms with Gasteiger partial charge in [-0.15, -0.1) is 0 Å². The van der Waals surface area contributed by atoms with Gasteiger partial charge in [-0.05, 0) is 103 Å². The quantitative estimate of drug-likeness (QED) is 0.553. The van der Waals surface area contributed by atoms with Crippen LogP contribution in [-0.4, -0.2) is 45.8 Å². The number of hydrogen-bond donors (Lipinski definition) is 3. The van der Waals surface area contributed by atoms with Crippen LogP contribution in [0.15, 0.2) is 23.3 Å². The van der Waals surface area contributed by atoms with Crippen molar-refractivity contribution in [1.82, 2.24) is 0 Å². The lowest BCUT2D eigenvalue weighted by Gasteiger charge is -2.43. The molecule has 3 aliphatic carbocycles. The summed E-state index contributed by atoms with van der Waals surface area (Å²) in [5, 5.41) is 29.6. The number of ether oxygens (including phenoxy) is 1. The van der Waals surface area contributed by atoms with Gasteiger partial charge in [-0.25, -0.2) is 0 Å². The first kappa shape index (κ1) is 23.0.